The number of carbonyl (C=O) groups excluding carboxylic acids is 1. The first-order valence-corrected chi connectivity index (χ1v) is 11.2. The molecule has 0 atom stereocenters. The Morgan fingerprint density at radius 3 is 1.72 bits per heavy atom. The van der Waals surface area contributed by atoms with Gasteiger partial charge in [0.05, 0.1) is 0 Å². The van der Waals surface area contributed by atoms with Gasteiger partial charge in [0, 0.05) is 18.4 Å². The quantitative estimate of drug-likeness (QED) is 0.173. The van der Waals surface area contributed by atoms with Crippen molar-refractivity contribution >= 4 is 21.1 Å². The second-order valence-corrected chi connectivity index (χ2v) is 9.92. The van der Waals surface area contributed by atoms with Crippen molar-refractivity contribution in [1.29, 1.82) is 0 Å². The van der Waals surface area contributed by atoms with E-state index in [1.807, 2.05) is 26.8 Å². The van der Waals surface area contributed by atoms with Crippen molar-refractivity contribution in [3.63, 3.8) is 0 Å². The first-order valence-electron chi connectivity index (χ1n) is 7.93. The van der Waals surface area contributed by atoms with E-state index in [-0.39, 0.29) is 131 Å². The Morgan fingerprint density at radius 1 is 0.862 bits per heavy atom. The van der Waals surface area contributed by atoms with Gasteiger partial charge in [-0.25, -0.2) is 0 Å². The number of amides is 1. The molecule has 0 spiro atoms. The molecular weight excluding hydrogens is 460 g/mol. The van der Waals surface area contributed by atoms with Crippen molar-refractivity contribution in [2.45, 2.75) is 58.3 Å². The minimum absolute atomic E-state index is 0. The van der Waals surface area contributed by atoms with Crippen LogP contribution >= 0.6 is 15.2 Å². The van der Waals surface area contributed by atoms with Crippen LogP contribution in [0.5, 0.6) is 0 Å². The molecule has 0 bridgehead atoms. The van der Waals surface area contributed by atoms with Crippen LogP contribution in [0.1, 0.15) is 52.9 Å². The summed E-state index contributed by atoms with van der Waals surface area (Å²) in [6, 6.07) is 0. The van der Waals surface area contributed by atoms with Gasteiger partial charge in [0.2, 0.25) is 5.91 Å². The van der Waals surface area contributed by atoms with Gasteiger partial charge >= 0.3 is 118 Å². The third-order valence-corrected chi connectivity index (χ3v) is 7.08. The average Bonchev–Trinajstić information content (AvgIpc) is 2.40. The standard InChI is InChI=1S/C15H29NO7P2.4Na/c1-12(2)6-4-7-13(3)8-5-9-14(17)16-11-10-15(24(18,19)20)25(21,22)23;;;;/h6,8,15H,4-5,7,9-11H2,1-3H3,(H,16,17)(H2,18,19,20)(H2,21,22,23);;;;/q;4*+1/p-4/b13-8+;;;;. The zero-order valence-electron chi connectivity index (χ0n) is 18.7. The number of allylic oxidation sites excluding steroid dienone is 4. The summed E-state index contributed by atoms with van der Waals surface area (Å²) < 4.78 is 21.6. The molecule has 0 rings (SSSR count). The molecule has 0 unspecified atom stereocenters. The number of hydrogen-bond acceptors (Lipinski definition) is 7. The molecule has 0 heterocycles. The van der Waals surface area contributed by atoms with E-state index in [9.17, 15) is 33.5 Å². The maximum atomic E-state index is 11.6. The van der Waals surface area contributed by atoms with E-state index in [1.54, 1.807) is 0 Å². The molecule has 0 aromatic carbocycles. The van der Waals surface area contributed by atoms with Crippen molar-refractivity contribution in [1.82, 2.24) is 5.32 Å². The molecule has 0 aromatic rings. The molecule has 0 radical (unpaired) electrons. The van der Waals surface area contributed by atoms with E-state index in [0.29, 0.717) is 6.42 Å². The fourth-order valence-electron chi connectivity index (χ4n) is 2.06. The Hall–Kier alpha value is 3.25. The molecular formula is C15H25NNa4O7P2. The molecule has 0 fully saturated rings. The van der Waals surface area contributed by atoms with Gasteiger partial charge in [0.1, 0.15) is 0 Å². The number of carbonyl (C=O) groups is 1. The summed E-state index contributed by atoms with van der Waals surface area (Å²) >= 11 is 0. The zero-order valence-corrected chi connectivity index (χ0v) is 28.5. The molecule has 1 amide bonds. The first kappa shape index (κ1) is 42.4. The molecule has 146 valence electrons. The van der Waals surface area contributed by atoms with Crippen molar-refractivity contribution in [3.8, 4) is 0 Å². The van der Waals surface area contributed by atoms with Crippen LogP contribution in [-0.4, -0.2) is 17.9 Å². The SMILES string of the molecule is CC(C)=CCC/C(C)=C/CCC(=O)NCCC(P(=O)([O-])[O-])P(=O)([O-])[O-].[Na+].[Na+].[Na+].[Na+]. The molecule has 0 saturated heterocycles. The fourth-order valence-corrected chi connectivity index (χ4v) is 4.34. The van der Waals surface area contributed by atoms with Crippen LogP contribution < -0.4 is 143 Å². The van der Waals surface area contributed by atoms with E-state index in [4.69, 9.17) is 0 Å². The molecule has 1 N–H and O–H groups in total. The largest absolute Gasteiger partial charge is 1.00 e. The van der Waals surface area contributed by atoms with Gasteiger partial charge in [0.15, 0.2) is 0 Å². The van der Waals surface area contributed by atoms with Crippen molar-refractivity contribution < 1.29 is 152 Å². The van der Waals surface area contributed by atoms with Crippen LogP contribution in [0.25, 0.3) is 0 Å². The van der Waals surface area contributed by atoms with Gasteiger partial charge in [-0.1, -0.05) is 38.5 Å². The van der Waals surface area contributed by atoms with Crippen molar-refractivity contribution in [3.05, 3.63) is 23.3 Å². The molecule has 0 aliphatic carbocycles. The van der Waals surface area contributed by atoms with Gasteiger partial charge < -0.3 is 34.0 Å². The van der Waals surface area contributed by atoms with E-state index in [2.05, 4.69) is 11.4 Å². The fraction of sp³-hybridized carbons (Fsp3) is 0.667. The second kappa shape index (κ2) is 21.8. The molecule has 0 aromatic heterocycles. The smallest absolute Gasteiger partial charge is 0.810 e. The van der Waals surface area contributed by atoms with Gasteiger partial charge in [-0.15, -0.1) is 0 Å². The summed E-state index contributed by atoms with van der Waals surface area (Å²) in [6.45, 7) is 5.63. The summed E-state index contributed by atoms with van der Waals surface area (Å²) in [5, 5.41) is -0.216. The molecule has 0 saturated carbocycles. The van der Waals surface area contributed by atoms with Crippen LogP contribution in [0.15, 0.2) is 23.3 Å². The molecule has 8 nitrogen and oxygen atoms in total. The Balaban J connectivity index is -0.000000480. The summed E-state index contributed by atoms with van der Waals surface area (Å²) in [5.74, 6) is -0.412. The van der Waals surface area contributed by atoms with Crippen LogP contribution in [0, 0.1) is 0 Å². The van der Waals surface area contributed by atoms with Gasteiger partial charge in [-0.2, -0.15) is 0 Å². The predicted molar refractivity (Wildman–Crippen MR) is 88.3 cm³/mol. The number of nitrogens with one attached hydrogen (secondary N) is 1. The normalized spacial score (nSPS) is 11.2. The van der Waals surface area contributed by atoms with Gasteiger partial charge in [-0.05, 0) is 46.5 Å². The minimum Gasteiger partial charge on any atom is -0.810 e. The van der Waals surface area contributed by atoms with Gasteiger partial charge in [-0.3, -0.25) is 4.79 Å². The van der Waals surface area contributed by atoms with Crippen LogP contribution in [0.2, 0.25) is 0 Å². The van der Waals surface area contributed by atoms with Crippen molar-refractivity contribution in [2.24, 2.45) is 0 Å². The Bertz CT molecular complexity index is 579. The van der Waals surface area contributed by atoms with Crippen LogP contribution in [0.3, 0.4) is 0 Å². The summed E-state index contributed by atoms with van der Waals surface area (Å²) in [6.07, 6.45) is 5.75. The molecule has 0 aliphatic rings. The van der Waals surface area contributed by atoms with Crippen LogP contribution in [0.4, 0.5) is 0 Å². The summed E-state index contributed by atoms with van der Waals surface area (Å²) in [7, 11) is -11.1. The molecule has 0 aliphatic heterocycles. The number of rotatable bonds is 11. The Morgan fingerprint density at radius 2 is 1.31 bits per heavy atom. The van der Waals surface area contributed by atoms with E-state index in [0.717, 1.165) is 18.4 Å². The average molecular weight is 485 g/mol. The zero-order chi connectivity index (χ0) is 19.7. The molecule has 14 heteroatoms. The number of hydrogen-bond donors (Lipinski definition) is 1. The van der Waals surface area contributed by atoms with Crippen molar-refractivity contribution in [2.75, 3.05) is 6.54 Å². The van der Waals surface area contributed by atoms with Crippen LogP contribution in [-0.2, 0) is 13.9 Å². The van der Waals surface area contributed by atoms with E-state index in [1.165, 1.54) is 5.57 Å². The topological polar surface area (TPSA) is 155 Å². The second-order valence-electron chi connectivity index (χ2n) is 6.11. The van der Waals surface area contributed by atoms with E-state index < -0.39 is 32.9 Å². The predicted octanol–water partition coefficient (Wildman–Crippen LogP) is -11.9. The van der Waals surface area contributed by atoms with E-state index >= 15 is 0 Å². The maximum Gasteiger partial charge on any atom is 1.00 e. The first-order chi connectivity index (χ1) is 11.3. The van der Waals surface area contributed by atoms with Gasteiger partial charge in [0.25, 0.3) is 0 Å². The summed E-state index contributed by atoms with van der Waals surface area (Å²) in [4.78, 5) is 54.8. The Kier molecular flexibility index (Phi) is 31.8. The molecule has 29 heavy (non-hydrogen) atoms. The maximum absolute atomic E-state index is 11.6. The monoisotopic (exact) mass is 485 g/mol. The third-order valence-electron chi connectivity index (χ3n) is 3.41. The summed E-state index contributed by atoms with van der Waals surface area (Å²) in [5.41, 5.74) is 2.38. The Labute approximate surface area is 262 Å². The minimum atomic E-state index is -5.56. The third kappa shape index (κ3) is 24.2.